The molecular weight excluding hydrogens is 133 g/mol. The average Bonchev–Trinajstić information content (AvgIpc) is 1.95. The minimum Gasteiger partial charge on any atom is -0.505 e. The first-order valence-corrected chi connectivity index (χ1v) is 2.75. The van der Waals surface area contributed by atoms with E-state index in [9.17, 15) is 4.39 Å². The van der Waals surface area contributed by atoms with Crippen molar-refractivity contribution in [2.24, 2.45) is 0 Å². The van der Waals surface area contributed by atoms with Crippen LogP contribution in [0.25, 0.3) is 0 Å². The molecule has 0 fully saturated rings. The van der Waals surface area contributed by atoms with Crippen molar-refractivity contribution in [3.8, 4) is 5.75 Å². The van der Waals surface area contributed by atoms with Crippen LogP contribution >= 0.6 is 0 Å². The molecule has 53 valence electrons. The minimum atomic E-state index is -0.645. The summed E-state index contributed by atoms with van der Waals surface area (Å²) in [5.41, 5.74) is 0.537. The lowest BCUT2D eigenvalue weighted by Gasteiger charge is -1.99. The van der Waals surface area contributed by atoms with Gasteiger partial charge < -0.3 is 10.4 Å². The SMILES string of the molecule is [CH2]Nc1ccc(O)c(F)c1. The van der Waals surface area contributed by atoms with Crippen molar-refractivity contribution >= 4 is 5.69 Å². The highest BCUT2D eigenvalue weighted by molar-refractivity contribution is 5.46. The second-order valence-electron chi connectivity index (χ2n) is 1.84. The Labute approximate surface area is 58.3 Å². The summed E-state index contributed by atoms with van der Waals surface area (Å²) in [6.45, 7) is 0. The third-order valence-electron chi connectivity index (χ3n) is 1.15. The quantitative estimate of drug-likeness (QED) is 0.582. The van der Waals surface area contributed by atoms with E-state index in [2.05, 4.69) is 12.4 Å². The van der Waals surface area contributed by atoms with Crippen molar-refractivity contribution < 1.29 is 9.50 Å². The predicted molar refractivity (Wildman–Crippen MR) is 37.0 cm³/mol. The normalized spacial score (nSPS) is 9.40. The van der Waals surface area contributed by atoms with E-state index in [1.54, 1.807) is 0 Å². The van der Waals surface area contributed by atoms with Crippen molar-refractivity contribution in [3.05, 3.63) is 31.1 Å². The molecule has 0 spiro atoms. The first-order valence-electron chi connectivity index (χ1n) is 2.75. The molecule has 0 aliphatic rings. The molecule has 0 unspecified atom stereocenters. The fraction of sp³-hybridized carbons (Fsp3) is 0. The number of rotatable bonds is 1. The van der Waals surface area contributed by atoms with Gasteiger partial charge in [0, 0.05) is 18.8 Å². The monoisotopic (exact) mass is 140 g/mol. The maximum atomic E-state index is 12.4. The van der Waals surface area contributed by atoms with Gasteiger partial charge in [0.2, 0.25) is 0 Å². The molecule has 0 heterocycles. The Morgan fingerprint density at radius 1 is 1.50 bits per heavy atom. The fourth-order valence-corrected chi connectivity index (χ4v) is 0.617. The summed E-state index contributed by atoms with van der Waals surface area (Å²) in [6.07, 6.45) is 0. The van der Waals surface area contributed by atoms with E-state index in [-0.39, 0.29) is 5.75 Å². The second-order valence-corrected chi connectivity index (χ2v) is 1.84. The molecule has 1 aromatic carbocycles. The third kappa shape index (κ3) is 1.18. The standard InChI is InChI=1S/C7H7FNO/c1-9-5-2-3-7(10)6(8)4-5/h2-4,9-10H,1H2. The molecule has 1 aromatic rings. The van der Waals surface area contributed by atoms with Gasteiger partial charge in [0.1, 0.15) is 0 Å². The van der Waals surface area contributed by atoms with E-state index in [0.29, 0.717) is 5.69 Å². The summed E-state index contributed by atoms with van der Waals surface area (Å²) in [6, 6.07) is 3.97. The van der Waals surface area contributed by atoms with Crippen molar-refractivity contribution in [1.29, 1.82) is 0 Å². The van der Waals surface area contributed by atoms with Gasteiger partial charge in [0.05, 0.1) is 0 Å². The number of aromatic hydroxyl groups is 1. The first kappa shape index (κ1) is 6.86. The zero-order valence-corrected chi connectivity index (χ0v) is 5.26. The Bertz CT molecular complexity index is 237. The number of hydrogen-bond acceptors (Lipinski definition) is 2. The zero-order valence-electron chi connectivity index (χ0n) is 5.26. The van der Waals surface area contributed by atoms with Crippen molar-refractivity contribution in [2.75, 3.05) is 5.32 Å². The molecule has 0 saturated heterocycles. The number of anilines is 1. The topological polar surface area (TPSA) is 32.3 Å². The van der Waals surface area contributed by atoms with Crippen molar-refractivity contribution in [3.63, 3.8) is 0 Å². The van der Waals surface area contributed by atoms with Crippen LogP contribution in [0.2, 0.25) is 0 Å². The Morgan fingerprint density at radius 3 is 2.70 bits per heavy atom. The average molecular weight is 140 g/mol. The maximum absolute atomic E-state index is 12.4. The Morgan fingerprint density at radius 2 is 2.20 bits per heavy atom. The summed E-state index contributed by atoms with van der Waals surface area (Å²) in [5.74, 6) is -0.993. The number of nitrogens with one attached hydrogen (secondary N) is 1. The molecule has 1 radical (unpaired) electrons. The van der Waals surface area contributed by atoms with Gasteiger partial charge in [-0.2, -0.15) is 0 Å². The number of hydrogen-bond donors (Lipinski definition) is 2. The van der Waals surface area contributed by atoms with Crippen LogP contribution in [-0.4, -0.2) is 5.11 Å². The molecule has 1 rings (SSSR count). The number of phenolic OH excluding ortho intramolecular Hbond substituents is 1. The number of benzene rings is 1. The summed E-state index contributed by atoms with van der Waals surface area (Å²) in [5, 5.41) is 11.2. The summed E-state index contributed by atoms with van der Waals surface area (Å²) < 4.78 is 12.4. The highest BCUT2D eigenvalue weighted by atomic mass is 19.1. The zero-order chi connectivity index (χ0) is 7.56. The second kappa shape index (κ2) is 2.56. The van der Waals surface area contributed by atoms with E-state index in [1.807, 2.05) is 0 Å². The van der Waals surface area contributed by atoms with Crippen LogP contribution in [0.1, 0.15) is 0 Å². The molecule has 2 nitrogen and oxygen atoms in total. The lowest BCUT2D eigenvalue weighted by molar-refractivity contribution is 0.432. The van der Waals surface area contributed by atoms with Gasteiger partial charge in [-0.05, 0) is 12.1 Å². The van der Waals surface area contributed by atoms with E-state index >= 15 is 0 Å². The molecule has 0 saturated carbocycles. The molecule has 0 aliphatic heterocycles. The molecule has 2 N–H and O–H groups in total. The van der Waals surface area contributed by atoms with Gasteiger partial charge in [-0.3, -0.25) is 0 Å². The molecule has 0 aliphatic carbocycles. The van der Waals surface area contributed by atoms with Gasteiger partial charge >= 0.3 is 0 Å². The third-order valence-corrected chi connectivity index (χ3v) is 1.15. The smallest absolute Gasteiger partial charge is 0.166 e. The lowest BCUT2D eigenvalue weighted by Crippen LogP contribution is -1.85. The van der Waals surface area contributed by atoms with Crippen molar-refractivity contribution in [1.82, 2.24) is 0 Å². The van der Waals surface area contributed by atoms with Crippen LogP contribution in [-0.2, 0) is 0 Å². The fourth-order valence-electron chi connectivity index (χ4n) is 0.617. The summed E-state index contributed by atoms with van der Waals surface area (Å²) in [4.78, 5) is 0. The maximum Gasteiger partial charge on any atom is 0.166 e. The predicted octanol–water partition coefficient (Wildman–Crippen LogP) is 1.73. The first-order chi connectivity index (χ1) is 4.74. The molecule has 0 bridgehead atoms. The number of phenols is 1. The minimum absolute atomic E-state index is 0.348. The van der Waals surface area contributed by atoms with E-state index in [1.165, 1.54) is 18.2 Å². The molecule has 0 amide bonds. The van der Waals surface area contributed by atoms with Crippen LogP contribution in [0.4, 0.5) is 10.1 Å². The van der Waals surface area contributed by atoms with E-state index in [4.69, 9.17) is 5.11 Å². The molecule has 0 aromatic heterocycles. The van der Waals surface area contributed by atoms with Gasteiger partial charge in [0.25, 0.3) is 0 Å². The molecule has 10 heavy (non-hydrogen) atoms. The van der Waals surface area contributed by atoms with Crippen LogP contribution < -0.4 is 5.32 Å². The van der Waals surface area contributed by atoms with Gasteiger partial charge in [-0.15, -0.1) is 0 Å². The Hall–Kier alpha value is -1.25. The van der Waals surface area contributed by atoms with Gasteiger partial charge in [0.15, 0.2) is 11.6 Å². The van der Waals surface area contributed by atoms with Crippen LogP contribution in [0, 0.1) is 12.9 Å². The van der Waals surface area contributed by atoms with Crippen LogP contribution in [0.3, 0.4) is 0 Å². The lowest BCUT2D eigenvalue weighted by atomic mass is 10.3. The number of halogens is 1. The Balaban J connectivity index is 3.04. The molecule has 3 heteroatoms. The van der Waals surface area contributed by atoms with Crippen LogP contribution in [0.15, 0.2) is 18.2 Å². The molecule has 0 atom stereocenters. The van der Waals surface area contributed by atoms with Gasteiger partial charge in [-0.25, -0.2) is 4.39 Å². The van der Waals surface area contributed by atoms with Crippen molar-refractivity contribution in [2.45, 2.75) is 0 Å². The molecular formula is C7H7FNO. The van der Waals surface area contributed by atoms with E-state index in [0.717, 1.165) is 0 Å². The van der Waals surface area contributed by atoms with Crippen LogP contribution in [0.5, 0.6) is 5.75 Å². The van der Waals surface area contributed by atoms with Gasteiger partial charge in [-0.1, -0.05) is 0 Å². The highest BCUT2D eigenvalue weighted by Crippen LogP contribution is 2.18. The highest BCUT2D eigenvalue weighted by Gasteiger charge is 1.98. The largest absolute Gasteiger partial charge is 0.505 e. The Kier molecular flexibility index (Phi) is 1.76. The van der Waals surface area contributed by atoms with E-state index < -0.39 is 5.82 Å². The summed E-state index contributed by atoms with van der Waals surface area (Å²) in [7, 11) is 3.33. The summed E-state index contributed by atoms with van der Waals surface area (Å²) >= 11 is 0.